The molecule has 0 radical (unpaired) electrons. The summed E-state index contributed by atoms with van der Waals surface area (Å²) < 4.78 is 7.39. The second kappa shape index (κ2) is 7.21. The summed E-state index contributed by atoms with van der Waals surface area (Å²) in [4.78, 5) is 11.8. The molecular formula is C16H22Br2N2O2. The Balaban J connectivity index is 1.85. The molecule has 2 unspecified atom stereocenters. The van der Waals surface area contributed by atoms with Crippen molar-refractivity contribution in [3.05, 3.63) is 27.1 Å². The monoisotopic (exact) mass is 432 g/mol. The number of amides is 1. The molecule has 1 aliphatic carbocycles. The lowest BCUT2D eigenvalue weighted by atomic mass is 10.2. The number of hydrogen-bond donors (Lipinski definition) is 2. The van der Waals surface area contributed by atoms with Crippen LogP contribution < -0.4 is 10.6 Å². The van der Waals surface area contributed by atoms with Crippen molar-refractivity contribution >= 4 is 43.6 Å². The number of carbonyl (C=O) groups excluding carboxylic acids is 1. The van der Waals surface area contributed by atoms with Crippen molar-refractivity contribution in [2.45, 2.75) is 57.7 Å². The highest BCUT2D eigenvalue weighted by molar-refractivity contribution is 9.11. The van der Waals surface area contributed by atoms with Crippen molar-refractivity contribution in [3.63, 3.8) is 0 Å². The van der Waals surface area contributed by atoms with E-state index in [-0.39, 0.29) is 12.1 Å². The summed E-state index contributed by atoms with van der Waals surface area (Å²) in [6.45, 7) is 5.61. The van der Waals surface area contributed by atoms with Gasteiger partial charge in [0.25, 0.3) is 0 Å². The number of nitrogens with one attached hydrogen (secondary N) is 2. The van der Waals surface area contributed by atoms with Crippen LogP contribution in [-0.4, -0.2) is 23.8 Å². The van der Waals surface area contributed by atoms with E-state index in [4.69, 9.17) is 4.74 Å². The van der Waals surface area contributed by atoms with E-state index < -0.39 is 5.60 Å². The summed E-state index contributed by atoms with van der Waals surface area (Å²) in [7, 11) is 0. The zero-order valence-corrected chi connectivity index (χ0v) is 16.3. The van der Waals surface area contributed by atoms with Crippen molar-refractivity contribution in [2.75, 3.05) is 5.32 Å². The fraction of sp³-hybridized carbons (Fsp3) is 0.562. The molecule has 1 aromatic carbocycles. The van der Waals surface area contributed by atoms with Crippen LogP contribution >= 0.6 is 31.9 Å². The van der Waals surface area contributed by atoms with Gasteiger partial charge < -0.3 is 15.4 Å². The quantitative estimate of drug-likeness (QED) is 0.699. The van der Waals surface area contributed by atoms with Crippen LogP contribution in [0.4, 0.5) is 10.5 Å². The number of halogens is 2. The highest BCUT2D eigenvalue weighted by Gasteiger charge is 2.27. The van der Waals surface area contributed by atoms with Crippen molar-refractivity contribution in [1.29, 1.82) is 0 Å². The lowest BCUT2D eigenvalue weighted by Gasteiger charge is -2.22. The highest BCUT2D eigenvalue weighted by Crippen LogP contribution is 2.30. The Bertz CT molecular complexity index is 543. The first-order valence-corrected chi connectivity index (χ1v) is 9.02. The van der Waals surface area contributed by atoms with Gasteiger partial charge in [-0.05, 0) is 74.2 Å². The van der Waals surface area contributed by atoms with E-state index in [1.54, 1.807) is 0 Å². The van der Waals surface area contributed by atoms with Crippen LogP contribution in [0.15, 0.2) is 27.1 Å². The average Bonchev–Trinajstić information content (AvgIpc) is 2.78. The third-order valence-electron chi connectivity index (χ3n) is 3.44. The number of anilines is 1. The van der Waals surface area contributed by atoms with Crippen LogP contribution in [0.25, 0.3) is 0 Å². The normalized spacial score (nSPS) is 21.5. The molecule has 2 atom stereocenters. The molecule has 1 saturated carbocycles. The summed E-state index contributed by atoms with van der Waals surface area (Å²) in [5.41, 5.74) is 0.610. The number of alkyl carbamates (subject to hydrolysis) is 1. The van der Waals surface area contributed by atoms with E-state index in [1.165, 1.54) is 0 Å². The maximum Gasteiger partial charge on any atom is 0.407 e. The van der Waals surface area contributed by atoms with Gasteiger partial charge in [-0.15, -0.1) is 0 Å². The van der Waals surface area contributed by atoms with Crippen LogP contribution in [0.1, 0.15) is 40.0 Å². The van der Waals surface area contributed by atoms with E-state index in [0.29, 0.717) is 6.04 Å². The zero-order chi connectivity index (χ0) is 16.3. The van der Waals surface area contributed by atoms with Crippen LogP contribution in [0.2, 0.25) is 0 Å². The topological polar surface area (TPSA) is 50.4 Å². The van der Waals surface area contributed by atoms with Gasteiger partial charge in [-0.25, -0.2) is 4.79 Å². The molecule has 1 fully saturated rings. The number of benzene rings is 1. The van der Waals surface area contributed by atoms with E-state index in [2.05, 4.69) is 48.6 Å². The molecule has 1 aliphatic rings. The Morgan fingerprint density at radius 3 is 2.59 bits per heavy atom. The van der Waals surface area contributed by atoms with Crippen molar-refractivity contribution in [1.82, 2.24) is 5.32 Å². The molecule has 4 nitrogen and oxygen atoms in total. The molecule has 6 heteroatoms. The average molecular weight is 434 g/mol. The minimum Gasteiger partial charge on any atom is -0.444 e. The van der Waals surface area contributed by atoms with E-state index in [1.807, 2.05) is 32.9 Å². The van der Waals surface area contributed by atoms with Gasteiger partial charge in [-0.2, -0.15) is 0 Å². The van der Waals surface area contributed by atoms with Gasteiger partial charge in [0.05, 0.1) is 0 Å². The molecule has 0 spiro atoms. The Labute approximate surface area is 148 Å². The van der Waals surface area contributed by atoms with E-state index in [9.17, 15) is 4.79 Å². The Morgan fingerprint density at radius 1 is 1.23 bits per heavy atom. The largest absolute Gasteiger partial charge is 0.444 e. The fourth-order valence-corrected chi connectivity index (χ4v) is 3.27. The maximum absolute atomic E-state index is 11.8. The number of hydrogen-bond acceptors (Lipinski definition) is 3. The predicted octanol–water partition coefficient (Wildman–Crippen LogP) is 5.07. The molecule has 122 valence electrons. The molecule has 2 N–H and O–H groups in total. The van der Waals surface area contributed by atoms with Crippen molar-refractivity contribution in [3.8, 4) is 0 Å². The fourth-order valence-electron chi connectivity index (χ4n) is 2.55. The van der Waals surface area contributed by atoms with Crippen LogP contribution in [-0.2, 0) is 4.74 Å². The third-order valence-corrected chi connectivity index (χ3v) is 4.63. The molecule has 0 aromatic heterocycles. The van der Waals surface area contributed by atoms with Crippen LogP contribution in [0, 0.1) is 0 Å². The molecular weight excluding hydrogens is 412 g/mol. The van der Waals surface area contributed by atoms with E-state index >= 15 is 0 Å². The SMILES string of the molecule is CC(C)(C)OC(=O)NC1CCC(Nc2cc(Br)ccc2Br)C1. The Kier molecular flexibility index (Phi) is 5.77. The summed E-state index contributed by atoms with van der Waals surface area (Å²) in [6, 6.07) is 6.58. The molecule has 0 heterocycles. The Morgan fingerprint density at radius 2 is 1.91 bits per heavy atom. The molecule has 1 amide bonds. The lowest BCUT2D eigenvalue weighted by Crippen LogP contribution is -2.38. The lowest BCUT2D eigenvalue weighted by molar-refractivity contribution is 0.0505. The van der Waals surface area contributed by atoms with Crippen LogP contribution in [0.3, 0.4) is 0 Å². The van der Waals surface area contributed by atoms with Crippen LogP contribution in [0.5, 0.6) is 0 Å². The first-order chi connectivity index (χ1) is 10.2. The molecule has 2 rings (SSSR count). The molecule has 0 aliphatic heterocycles. The van der Waals surface area contributed by atoms with Gasteiger partial charge in [0.1, 0.15) is 5.60 Å². The highest BCUT2D eigenvalue weighted by atomic mass is 79.9. The molecule has 1 aromatic rings. The molecule has 0 saturated heterocycles. The summed E-state index contributed by atoms with van der Waals surface area (Å²) in [6.07, 6.45) is 2.56. The minimum atomic E-state index is -0.457. The number of ether oxygens (including phenoxy) is 1. The summed E-state index contributed by atoms with van der Waals surface area (Å²) >= 11 is 7.04. The predicted molar refractivity (Wildman–Crippen MR) is 96.3 cm³/mol. The zero-order valence-electron chi connectivity index (χ0n) is 13.1. The van der Waals surface area contributed by atoms with Gasteiger partial charge >= 0.3 is 6.09 Å². The summed E-state index contributed by atoms with van der Waals surface area (Å²) in [5.74, 6) is 0. The first-order valence-electron chi connectivity index (χ1n) is 7.44. The van der Waals surface area contributed by atoms with Crippen molar-refractivity contribution in [2.24, 2.45) is 0 Å². The Hall–Kier alpha value is -0.750. The van der Waals surface area contributed by atoms with Crippen molar-refractivity contribution < 1.29 is 9.53 Å². The van der Waals surface area contributed by atoms with E-state index in [0.717, 1.165) is 33.9 Å². The smallest absolute Gasteiger partial charge is 0.407 e. The second-order valence-corrected chi connectivity index (χ2v) is 8.39. The van der Waals surface area contributed by atoms with Gasteiger partial charge in [-0.1, -0.05) is 15.9 Å². The van der Waals surface area contributed by atoms with Gasteiger partial charge in [-0.3, -0.25) is 0 Å². The van der Waals surface area contributed by atoms with Gasteiger partial charge in [0.2, 0.25) is 0 Å². The minimum absolute atomic E-state index is 0.165. The maximum atomic E-state index is 11.8. The number of rotatable bonds is 3. The molecule has 0 bridgehead atoms. The summed E-state index contributed by atoms with van der Waals surface area (Å²) in [5, 5.41) is 6.49. The second-order valence-electron chi connectivity index (χ2n) is 6.62. The standard InChI is InChI=1S/C16H22Br2N2O2/c1-16(2,3)22-15(21)20-12-6-5-11(9-12)19-14-8-10(17)4-7-13(14)18/h4,7-8,11-12,19H,5-6,9H2,1-3H3,(H,20,21). The van der Waals surface area contributed by atoms with Gasteiger partial charge in [0, 0.05) is 26.7 Å². The number of carbonyl (C=O) groups is 1. The third kappa shape index (κ3) is 5.47. The first kappa shape index (κ1) is 17.6. The van der Waals surface area contributed by atoms with Gasteiger partial charge in [0.15, 0.2) is 0 Å². The molecule has 22 heavy (non-hydrogen) atoms.